The second kappa shape index (κ2) is 7.04. The van der Waals surface area contributed by atoms with Crippen molar-refractivity contribution >= 4 is 17.5 Å². The Kier molecular flexibility index (Phi) is 4.83. The minimum atomic E-state index is -0.210. The molecule has 2 heterocycles. The molecule has 2 aromatic rings. The summed E-state index contributed by atoms with van der Waals surface area (Å²) in [7, 11) is 0. The van der Waals surface area contributed by atoms with E-state index in [1.807, 2.05) is 31.2 Å². The molecular weight excluding hydrogens is 252 g/mol. The lowest BCUT2D eigenvalue weighted by atomic mass is 10.3. The second-order valence-corrected chi connectivity index (χ2v) is 4.21. The highest BCUT2D eigenvalue weighted by Crippen LogP contribution is 2.04. The zero-order chi connectivity index (χ0) is 14.2. The van der Waals surface area contributed by atoms with Gasteiger partial charge in [0, 0.05) is 24.5 Å². The predicted molar refractivity (Wildman–Crippen MR) is 79.3 cm³/mol. The maximum Gasteiger partial charge on any atom is 0.249 e. The van der Waals surface area contributed by atoms with E-state index in [2.05, 4.69) is 20.6 Å². The summed E-state index contributed by atoms with van der Waals surface area (Å²) in [4.78, 5) is 19.9. The Balaban J connectivity index is 1.84. The van der Waals surface area contributed by atoms with Crippen LogP contribution in [0.5, 0.6) is 0 Å². The summed E-state index contributed by atoms with van der Waals surface area (Å²) in [6.45, 7) is 1.94. The smallest absolute Gasteiger partial charge is 0.249 e. The molecule has 0 spiro atoms. The lowest BCUT2D eigenvalue weighted by Gasteiger charge is -2.09. The molecule has 2 rings (SSSR count). The van der Waals surface area contributed by atoms with Crippen LogP contribution >= 0.6 is 0 Å². The molecule has 20 heavy (non-hydrogen) atoms. The average molecular weight is 268 g/mol. The summed E-state index contributed by atoms with van der Waals surface area (Å²) in [5, 5.41) is 5.85. The Morgan fingerprint density at radius 2 is 1.75 bits per heavy atom. The lowest BCUT2D eigenvalue weighted by molar-refractivity contribution is -0.111. The van der Waals surface area contributed by atoms with Crippen molar-refractivity contribution in [3.63, 3.8) is 0 Å². The summed E-state index contributed by atoms with van der Waals surface area (Å²) in [6.07, 6.45) is 6.60. The first-order chi connectivity index (χ1) is 9.74. The van der Waals surface area contributed by atoms with Gasteiger partial charge in [0.15, 0.2) is 0 Å². The molecule has 1 unspecified atom stereocenters. The van der Waals surface area contributed by atoms with Gasteiger partial charge >= 0.3 is 0 Å². The summed E-state index contributed by atoms with van der Waals surface area (Å²) < 4.78 is 0. The third kappa shape index (κ3) is 4.53. The van der Waals surface area contributed by atoms with E-state index in [4.69, 9.17) is 0 Å². The molecule has 0 bridgehead atoms. The number of aromatic nitrogens is 2. The van der Waals surface area contributed by atoms with Crippen LogP contribution < -0.4 is 10.6 Å². The number of amides is 1. The van der Waals surface area contributed by atoms with Crippen molar-refractivity contribution in [2.45, 2.75) is 13.0 Å². The van der Waals surface area contributed by atoms with Crippen LogP contribution in [0.2, 0.25) is 0 Å². The average Bonchev–Trinajstić information content (AvgIpc) is 2.47. The minimum absolute atomic E-state index is 0.000572. The highest BCUT2D eigenvalue weighted by atomic mass is 16.1. The van der Waals surface area contributed by atoms with Crippen molar-refractivity contribution in [1.29, 1.82) is 0 Å². The molecule has 0 saturated heterocycles. The Labute approximate surface area is 117 Å². The zero-order valence-electron chi connectivity index (χ0n) is 11.2. The summed E-state index contributed by atoms with van der Waals surface area (Å²) in [5.41, 5.74) is 0. The number of hydrogen-bond acceptors (Lipinski definition) is 4. The van der Waals surface area contributed by atoms with Gasteiger partial charge in [-0.05, 0) is 31.2 Å². The fraction of sp³-hybridized carbons (Fsp3) is 0.133. The highest BCUT2D eigenvalue weighted by molar-refractivity contribution is 5.98. The molecule has 0 saturated carbocycles. The standard InChI is InChI=1S/C15H16N4O/c1-12(18-13-6-2-4-10-16-13)8-9-15(20)19-14-7-3-5-11-17-14/h2-12H,1H3,(H,16,18)(H,17,19,20)/b9-8+. The summed E-state index contributed by atoms with van der Waals surface area (Å²) >= 11 is 0. The molecule has 5 nitrogen and oxygen atoms in total. The lowest BCUT2D eigenvalue weighted by Crippen LogP contribution is -2.15. The molecule has 2 aromatic heterocycles. The fourth-order valence-corrected chi connectivity index (χ4v) is 1.57. The number of rotatable bonds is 5. The van der Waals surface area contributed by atoms with Crippen LogP contribution in [0.25, 0.3) is 0 Å². The van der Waals surface area contributed by atoms with Gasteiger partial charge in [-0.25, -0.2) is 9.97 Å². The minimum Gasteiger partial charge on any atom is -0.364 e. The van der Waals surface area contributed by atoms with Crippen molar-refractivity contribution in [3.8, 4) is 0 Å². The molecule has 0 aromatic carbocycles. The number of carbonyl (C=O) groups excluding carboxylic acids is 1. The number of nitrogens with one attached hydrogen (secondary N) is 2. The summed E-state index contributed by atoms with van der Waals surface area (Å²) in [5.74, 6) is 1.10. The third-order valence-corrected chi connectivity index (χ3v) is 2.49. The van der Waals surface area contributed by atoms with E-state index in [1.165, 1.54) is 6.08 Å². The van der Waals surface area contributed by atoms with E-state index < -0.39 is 0 Å². The first kappa shape index (κ1) is 13.7. The van der Waals surface area contributed by atoms with Gasteiger partial charge in [0.2, 0.25) is 5.91 Å². The van der Waals surface area contributed by atoms with Crippen LogP contribution in [0.1, 0.15) is 6.92 Å². The van der Waals surface area contributed by atoms with Crippen molar-refractivity contribution in [2.24, 2.45) is 0 Å². The van der Waals surface area contributed by atoms with E-state index in [0.29, 0.717) is 5.82 Å². The Morgan fingerprint density at radius 1 is 1.10 bits per heavy atom. The molecular formula is C15H16N4O. The third-order valence-electron chi connectivity index (χ3n) is 2.49. The largest absolute Gasteiger partial charge is 0.364 e. The molecule has 0 aliphatic heterocycles. The molecule has 5 heteroatoms. The van der Waals surface area contributed by atoms with Crippen LogP contribution in [0.4, 0.5) is 11.6 Å². The van der Waals surface area contributed by atoms with Crippen molar-refractivity contribution < 1.29 is 4.79 Å². The molecule has 0 aliphatic rings. The van der Waals surface area contributed by atoms with Gasteiger partial charge in [-0.15, -0.1) is 0 Å². The SMILES string of the molecule is CC(/C=C/C(=O)Nc1ccccn1)Nc1ccccn1. The molecule has 0 aliphatic carbocycles. The van der Waals surface area contributed by atoms with Crippen LogP contribution in [-0.4, -0.2) is 21.9 Å². The number of carbonyl (C=O) groups is 1. The first-order valence-electron chi connectivity index (χ1n) is 6.32. The second-order valence-electron chi connectivity index (χ2n) is 4.21. The number of hydrogen-bond donors (Lipinski definition) is 2. The van der Waals surface area contributed by atoms with Crippen LogP contribution in [0.3, 0.4) is 0 Å². The van der Waals surface area contributed by atoms with Crippen LogP contribution in [-0.2, 0) is 4.79 Å². The highest BCUT2D eigenvalue weighted by Gasteiger charge is 2.01. The maximum absolute atomic E-state index is 11.7. The number of pyridine rings is 2. The molecule has 1 atom stereocenters. The Morgan fingerprint density at radius 3 is 2.35 bits per heavy atom. The van der Waals surface area contributed by atoms with E-state index in [1.54, 1.807) is 30.6 Å². The maximum atomic E-state index is 11.7. The van der Waals surface area contributed by atoms with Crippen LogP contribution in [0, 0.1) is 0 Å². The van der Waals surface area contributed by atoms with Crippen LogP contribution in [0.15, 0.2) is 60.9 Å². The Bertz CT molecular complexity index is 569. The molecule has 1 amide bonds. The zero-order valence-corrected chi connectivity index (χ0v) is 11.2. The van der Waals surface area contributed by atoms with Gasteiger partial charge < -0.3 is 10.6 Å². The van der Waals surface area contributed by atoms with Gasteiger partial charge in [0.25, 0.3) is 0 Å². The van der Waals surface area contributed by atoms with Gasteiger partial charge in [-0.2, -0.15) is 0 Å². The quantitative estimate of drug-likeness (QED) is 0.817. The van der Waals surface area contributed by atoms with Gasteiger partial charge in [0.05, 0.1) is 0 Å². The van der Waals surface area contributed by atoms with Gasteiger partial charge in [-0.1, -0.05) is 18.2 Å². The number of nitrogens with zero attached hydrogens (tertiary/aromatic N) is 2. The van der Waals surface area contributed by atoms with Crippen molar-refractivity contribution in [3.05, 3.63) is 60.9 Å². The topological polar surface area (TPSA) is 66.9 Å². The molecule has 2 N–H and O–H groups in total. The summed E-state index contributed by atoms with van der Waals surface area (Å²) in [6, 6.07) is 11.0. The van der Waals surface area contributed by atoms with Gasteiger partial charge in [0.1, 0.15) is 11.6 Å². The molecule has 0 fully saturated rings. The Hall–Kier alpha value is -2.69. The van der Waals surface area contributed by atoms with Crippen molar-refractivity contribution in [2.75, 3.05) is 10.6 Å². The van der Waals surface area contributed by atoms with Gasteiger partial charge in [-0.3, -0.25) is 4.79 Å². The number of anilines is 2. The monoisotopic (exact) mass is 268 g/mol. The first-order valence-corrected chi connectivity index (χ1v) is 6.32. The molecule has 0 radical (unpaired) electrons. The normalized spacial score (nSPS) is 12.1. The van der Waals surface area contributed by atoms with E-state index in [9.17, 15) is 4.79 Å². The van der Waals surface area contributed by atoms with E-state index in [0.717, 1.165) is 5.82 Å². The van der Waals surface area contributed by atoms with Crippen molar-refractivity contribution in [1.82, 2.24) is 9.97 Å². The fourth-order valence-electron chi connectivity index (χ4n) is 1.57. The van der Waals surface area contributed by atoms with E-state index in [-0.39, 0.29) is 11.9 Å². The molecule has 102 valence electrons. The predicted octanol–water partition coefficient (Wildman–Crippen LogP) is 2.47. The van der Waals surface area contributed by atoms with E-state index >= 15 is 0 Å².